The fraction of sp³-hybridized carbons (Fsp3) is 0.333. The van der Waals surface area contributed by atoms with Gasteiger partial charge in [-0.25, -0.2) is 12.7 Å². The van der Waals surface area contributed by atoms with Crippen LogP contribution in [-0.4, -0.2) is 55.6 Å². The zero-order valence-corrected chi connectivity index (χ0v) is 17.1. The Kier molecular flexibility index (Phi) is 4.69. The molecule has 1 aromatic heterocycles. The number of aliphatic hydroxyl groups excluding tert-OH is 1. The summed E-state index contributed by atoms with van der Waals surface area (Å²) >= 11 is 0. The molecule has 1 saturated heterocycles. The molecule has 1 aliphatic rings. The number of nitrogens with zero attached hydrogens (tertiary/aromatic N) is 2. The molecule has 1 aliphatic heterocycles. The predicted octanol–water partition coefficient (Wildman–Crippen LogP) is 3.04. The first-order valence-electron chi connectivity index (χ1n) is 9.37. The molecule has 28 heavy (non-hydrogen) atoms. The zero-order chi connectivity index (χ0) is 20.1. The van der Waals surface area contributed by atoms with Crippen LogP contribution >= 0.6 is 0 Å². The van der Waals surface area contributed by atoms with Gasteiger partial charge in [0.2, 0.25) is 10.0 Å². The lowest BCUT2D eigenvalue weighted by Crippen LogP contribution is -2.28. The molecule has 2 aromatic carbocycles. The number of nitrogens with one attached hydrogen (secondary N) is 1. The van der Waals surface area contributed by atoms with Gasteiger partial charge < -0.3 is 15.0 Å². The minimum Gasteiger partial charge on any atom is -0.391 e. The van der Waals surface area contributed by atoms with E-state index in [1.165, 1.54) is 18.4 Å². The molecule has 6 nitrogen and oxygen atoms in total. The maximum absolute atomic E-state index is 12.7. The first-order valence-corrected chi connectivity index (χ1v) is 10.8. The summed E-state index contributed by atoms with van der Waals surface area (Å²) < 4.78 is 26.6. The second-order valence-corrected chi connectivity index (χ2v) is 9.78. The average Bonchev–Trinajstić information content (AvgIpc) is 3.23. The van der Waals surface area contributed by atoms with Gasteiger partial charge in [-0.1, -0.05) is 18.2 Å². The van der Waals surface area contributed by atoms with E-state index in [0.717, 1.165) is 27.8 Å². The van der Waals surface area contributed by atoms with Crippen molar-refractivity contribution in [3.05, 3.63) is 48.5 Å². The molecule has 1 fully saturated rings. The Morgan fingerprint density at radius 3 is 2.54 bits per heavy atom. The predicted molar refractivity (Wildman–Crippen MR) is 112 cm³/mol. The molecule has 2 heterocycles. The van der Waals surface area contributed by atoms with E-state index >= 15 is 0 Å². The Bertz CT molecular complexity index is 1090. The molecule has 0 radical (unpaired) electrons. The van der Waals surface area contributed by atoms with Crippen molar-refractivity contribution in [1.82, 2.24) is 9.29 Å². The van der Waals surface area contributed by atoms with Crippen molar-refractivity contribution in [3.63, 3.8) is 0 Å². The first kappa shape index (κ1) is 19.0. The number of β-amino-alcohol motifs (C(OH)–C–C–N with tert-alkyl or cyclic N) is 1. The van der Waals surface area contributed by atoms with E-state index < -0.39 is 10.0 Å². The number of aromatic amines is 1. The van der Waals surface area contributed by atoms with E-state index in [9.17, 15) is 13.5 Å². The highest BCUT2D eigenvalue weighted by atomic mass is 32.2. The maximum atomic E-state index is 12.7. The van der Waals surface area contributed by atoms with Crippen LogP contribution in [0.2, 0.25) is 0 Å². The van der Waals surface area contributed by atoms with E-state index in [0.29, 0.717) is 13.0 Å². The fourth-order valence-corrected chi connectivity index (χ4v) is 4.84. The first-order chi connectivity index (χ1) is 13.3. The van der Waals surface area contributed by atoms with Crippen LogP contribution in [0, 0.1) is 0 Å². The molecule has 0 spiro atoms. The molecule has 148 valence electrons. The number of sulfonamides is 1. The van der Waals surface area contributed by atoms with Gasteiger partial charge in [-0.3, -0.25) is 0 Å². The second-order valence-electron chi connectivity index (χ2n) is 7.63. The summed E-state index contributed by atoms with van der Waals surface area (Å²) in [5.41, 5.74) is 3.60. The van der Waals surface area contributed by atoms with Crippen LogP contribution in [0.1, 0.15) is 13.3 Å². The lowest BCUT2D eigenvalue weighted by molar-refractivity contribution is 0.195. The SMILES string of the molecule is C[C@H]1C[C@H](O)CN1c1ccc(S(=O)(=O)N(C)C)cc1-c1cc2ccccc2[nH]1. The van der Waals surface area contributed by atoms with E-state index in [1.807, 2.05) is 36.4 Å². The Labute approximate surface area is 165 Å². The zero-order valence-electron chi connectivity index (χ0n) is 16.3. The highest BCUT2D eigenvalue weighted by Gasteiger charge is 2.30. The van der Waals surface area contributed by atoms with Gasteiger partial charge >= 0.3 is 0 Å². The summed E-state index contributed by atoms with van der Waals surface area (Å²) in [5, 5.41) is 11.2. The standard InChI is InChI=1S/C21H25N3O3S/c1-14-10-16(25)13-24(14)21-9-8-17(28(26,27)23(2)3)12-18(21)20-11-15-6-4-5-7-19(15)22-20/h4-9,11-12,14,16,22,25H,10,13H2,1-3H3/t14-,16-/m0/s1. The van der Waals surface area contributed by atoms with Crippen molar-refractivity contribution in [3.8, 4) is 11.3 Å². The lowest BCUT2D eigenvalue weighted by atomic mass is 10.1. The van der Waals surface area contributed by atoms with Crippen LogP contribution in [0.3, 0.4) is 0 Å². The Morgan fingerprint density at radius 1 is 1.14 bits per heavy atom. The number of aromatic nitrogens is 1. The number of hydrogen-bond donors (Lipinski definition) is 2. The number of anilines is 1. The normalized spacial score (nSPS) is 20.4. The molecule has 7 heteroatoms. The second kappa shape index (κ2) is 6.92. The summed E-state index contributed by atoms with van der Waals surface area (Å²) in [5.74, 6) is 0. The topological polar surface area (TPSA) is 76.6 Å². The fourth-order valence-electron chi connectivity index (χ4n) is 3.91. The van der Waals surface area contributed by atoms with E-state index in [-0.39, 0.29) is 17.0 Å². The highest BCUT2D eigenvalue weighted by molar-refractivity contribution is 7.89. The molecule has 0 amide bonds. The number of fused-ring (bicyclic) bond motifs is 1. The van der Waals surface area contributed by atoms with Crippen molar-refractivity contribution in [1.29, 1.82) is 0 Å². The molecule has 3 aromatic rings. The van der Waals surface area contributed by atoms with Crippen LogP contribution < -0.4 is 4.90 Å². The van der Waals surface area contributed by atoms with Crippen molar-refractivity contribution in [2.24, 2.45) is 0 Å². The number of H-pyrrole nitrogens is 1. The summed E-state index contributed by atoms with van der Waals surface area (Å²) in [4.78, 5) is 5.81. The summed E-state index contributed by atoms with van der Waals surface area (Å²) in [7, 11) is -0.486. The molecular formula is C21H25N3O3S. The van der Waals surface area contributed by atoms with E-state index in [1.54, 1.807) is 12.1 Å². The van der Waals surface area contributed by atoms with Crippen LogP contribution in [0.5, 0.6) is 0 Å². The van der Waals surface area contributed by atoms with Gasteiger partial charge in [0.05, 0.1) is 11.0 Å². The van der Waals surface area contributed by atoms with Crippen LogP contribution in [0.15, 0.2) is 53.4 Å². The van der Waals surface area contributed by atoms with Crippen LogP contribution in [-0.2, 0) is 10.0 Å². The third kappa shape index (κ3) is 3.19. The van der Waals surface area contributed by atoms with E-state index in [4.69, 9.17) is 0 Å². The van der Waals surface area contributed by atoms with Gasteiger partial charge in [0.1, 0.15) is 0 Å². The van der Waals surface area contributed by atoms with Gasteiger partial charge in [0, 0.05) is 54.5 Å². The van der Waals surface area contributed by atoms with Crippen LogP contribution in [0.4, 0.5) is 5.69 Å². The number of hydrogen-bond acceptors (Lipinski definition) is 4. The van der Waals surface area contributed by atoms with Gasteiger partial charge in [-0.15, -0.1) is 0 Å². The molecule has 0 aliphatic carbocycles. The molecular weight excluding hydrogens is 374 g/mol. The Hall–Kier alpha value is -2.35. The van der Waals surface area contributed by atoms with Crippen LogP contribution in [0.25, 0.3) is 22.2 Å². The highest BCUT2D eigenvalue weighted by Crippen LogP contribution is 2.38. The van der Waals surface area contributed by atoms with Gasteiger partial charge in [-0.05, 0) is 43.7 Å². The molecule has 0 bridgehead atoms. The van der Waals surface area contributed by atoms with Crippen molar-refractivity contribution < 1.29 is 13.5 Å². The number of benzene rings is 2. The Morgan fingerprint density at radius 2 is 1.89 bits per heavy atom. The summed E-state index contributed by atoms with van der Waals surface area (Å²) in [6, 6.07) is 15.4. The van der Waals surface area contributed by atoms with Crippen molar-refractivity contribution in [2.45, 2.75) is 30.4 Å². The molecule has 0 unspecified atom stereocenters. The quantitative estimate of drug-likeness (QED) is 0.707. The van der Waals surface area contributed by atoms with Crippen molar-refractivity contribution >= 4 is 26.6 Å². The molecule has 0 saturated carbocycles. The summed E-state index contributed by atoms with van der Waals surface area (Å²) in [6.45, 7) is 2.61. The third-order valence-corrected chi connectivity index (χ3v) is 7.24. The minimum absolute atomic E-state index is 0.175. The molecule has 4 rings (SSSR count). The minimum atomic E-state index is -3.55. The van der Waals surface area contributed by atoms with Gasteiger partial charge in [-0.2, -0.15) is 0 Å². The maximum Gasteiger partial charge on any atom is 0.242 e. The largest absolute Gasteiger partial charge is 0.391 e. The Balaban J connectivity index is 1.91. The van der Waals surface area contributed by atoms with Gasteiger partial charge in [0.15, 0.2) is 0 Å². The monoisotopic (exact) mass is 399 g/mol. The molecule has 2 atom stereocenters. The summed E-state index contributed by atoms with van der Waals surface area (Å²) in [6.07, 6.45) is 0.319. The number of para-hydroxylation sites is 1. The smallest absolute Gasteiger partial charge is 0.242 e. The van der Waals surface area contributed by atoms with E-state index in [2.05, 4.69) is 16.8 Å². The number of rotatable bonds is 4. The molecule has 2 N–H and O–H groups in total. The van der Waals surface area contributed by atoms with Gasteiger partial charge in [0.25, 0.3) is 0 Å². The number of aliphatic hydroxyl groups is 1. The van der Waals surface area contributed by atoms with Crippen molar-refractivity contribution in [2.75, 3.05) is 25.5 Å². The third-order valence-electron chi connectivity index (χ3n) is 5.43. The lowest BCUT2D eigenvalue weighted by Gasteiger charge is -2.26. The average molecular weight is 400 g/mol.